The normalized spacial score (nSPS) is 10.5. The average Bonchev–Trinajstić information content (AvgIpc) is 2.93. The Morgan fingerprint density at radius 2 is 1.71 bits per heavy atom. The second-order valence-corrected chi connectivity index (χ2v) is 5.15. The standard InChI is InChI=1S/C19H18N2/c1-3-7-17-18(15-8-5-4-6-9-15)19(21-20-17)16-12-10-14(2)11-13-16/h3-6,8-13H,1,7H2,2H3,(H,20,21). The van der Waals surface area contributed by atoms with Gasteiger partial charge in [-0.25, -0.2) is 0 Å². The molecule has 0 radical (unpaired) electrons. The minimum Gasteiger partial charge on any atom is -0.281 e. The number of aromatic nitrogens is 2. The minimum atomic E-state index is 0.781. The molecule has 0 aliphatic carbocycles. The monoisotopic (exact) mass is 274 g/mol. The molecule has 1 aromatic heterocycles. The van der Waals surface area contributed by atoms with E-state index in [1.807, 2.05) is 12.1 Å². The van der Waals surface area contributed by atoms with Gasteiger partial charge in [-0.05, 0) is 12.5 Å². The van der Waals surface area contributed by atoms with Gasteiger partial charge in [-0.2, -0.15) is 5.10 Å². The van der Waals surface area contributed by atoms with Gasteiger partial charge in [0.2, 0.25) is 0 Å². The lowest BCUT2D eigenvalue weighted by Gasteiger charge is -2.06. The Balaban J connectivity index is 2.17. The summed E-state index contributed by atoms with van der Waals surface area (Å²) in [5.74, 6) is 0. The van der Waals surface area contributed by atoms with Crippen molar-refractivity contribution in [1.82, 2.24) is 10.2 Å². The average molecular weight is 274 g/mol. The SMILES string of the molecule is C=CCc1[nH]nc(-c2ccc(C)cc2)c1-c1ccccc1. The van der Waals surface area contributed by atoms with Crippen LogP contribution >= 0.6 is 0 Å². The molecule has 0 fully saturated rings. The van der Waals surface area contributed by atoms with Gasteiger partial charge < -0.3 is 0 Å². The summed E-state index contributed by atoms with van der Waals surface area (Å²) in [4.78, 5) is 0. The van der Waals surface area contributed by atoms with E-state index in [9.17, 15) is 0 Å². The van der Waals surface area contributed by atoms with Crippen LogP contribution in [0, 0.1) is 6.92 Å². The second-order valence-electron chi connectivity index (χ2n) is 5.15. The van der Waals surface area contributed by atoms with Crippen molar-refractivity contribution in [3.8, 4) is 22.4 Å². The lowest BCUT2D eigenvalue weighted by molar-refractivity contribution is 1.02. The number of nitrogens with zero attached hydrogens (tertiary/aromatic N) is 1. The Kier molecular flexibility index (Phi) is 3.69. The van der Waals surface area contributed by atoms with Gasteiger partial charge in [0.1, 0.15) is 5.69 Å². The topological polar surface area (TPSA) is 28.7 Å². The van der Waals surface area contributed by atoms with Crippen molar-refractivity contribution in [3.05, 3.63) is 78.5 Å². The summed E-state index contributed by atoms with van der Waals surface area (Å²) in [6.45, 7) is 5.93. The third-order valence-electron chi connectivity index (χ3n) is 3.58. The summed E-state index contributed by atoms with van der Waals surface area (Å²) in [5.41, 5.74) is 6.83. The number of aromatic amines is 1. The summed E-state index contributed by atoms with van der Waals surface area (Å²) in [6.07, 6.45) is 2.68. The van der Waals surface area contributed by atoms with Crippen LogP contribution in [0.5, 0.6) is 0 Å². The maximum Gasteiger partial charge on any atom is 0.100 e. The molecule has 0 atom stereocenters. The Morgan fingerprint density at radius 3 is 2.38 bits per heavy atom. The summed E-state index contributed by atoms with van der Waals surface area (Å²) < 4.78 is 0. The molecule has 0 saturated heterocycles. The first-order valence-electron chi connectivity index (χ1n) is 7.10. The molecule has 2 nitrogen and oxygen atoms in total. The molecule has 3 aromatic rings. The van der Waals surface area contributed by atoms with Crippen molar-refractivity contribution in [1.29, 1.82) is 0 Å². The molecule has 0 aliphatic heterocycles. The number of rotatable bonds is 4. The number of H-pyrrole nitrogens is 1. The summed E-state index contributed by atoms with van der Waals surface area (Å²) in [6, 6.07) is 18.9. The zero-order valence-electron chi connectivity index (χ0n) is 12.1. The van der Waals surface area contributed by atoms with E-state index in [0.717, 1.165) is 23.4 Å². The van der Waals surface area contributed by atoms with E-state index in [-0.39, 0.29) is 0 Å². The van der Waals surface area contributed by atoms with Gasteiger partial charge in [0.05, 0.1) is 0 Å². The number of hydrogen-bond acceptors (Lipinski definition) is 1. The largest absolute Gasteiger partial charge is 0.281 e. The number of benzene rings is 2. The third-order valence-corrected chi connectivity index (χ3v) is 3.58. The quantitative estimate of drug-likeness (QED) is 0.681. The van der Waals surface area contributed by atoms with Crippen LogP contribution in [0.2, 0.25) is 0 Å². The van der Waals surface area contributed by atoms with Gasteiger partial charge >= 0.3 is 0 Å². The summed E-state index contributed by atoms with van der Waals surface area (Å²) in [7, 11) is 0. The molecule has 1 heterocycles. The molecule has 0 bridgehead atoms. The highest BCUT2D eigenvalue weighted by Crippen LogP contribution is 2.33. The Bertz CT molecular complexity index is 737. The fourth-order valence-corrected chi connectivity index (χ4v) is 2.51. The fraction of sp³-hybridized carbons (Fsp3) is 0.105. The molecule has 0 saturated carbocycles. The first-order chi connectivity index (χ1) is 10.3. The van der Waals surface area contributed by atoms with Crippen LogP contribution in [0.3, 0.4) is 0 Å². The van der Waals surface area contributed by atoms with Gasteiger partial charge in [0, 0.05) is 23.2 Å². The second kappa shape index (κ2) is 5.80. The van der Waals surface area contributed by atoms with E-state index < -0.39 is 0 Å². The smallest absolute Gasteiger partial charge is 0.100 e. The van der Waals surface area contributed by atoms with Crippen molar-refractivity contribution >= 4 is 0 Å². The molecule has 1 N–H and O–H groups in total. The van der Waals surface area contributed by atoms with Gasteiger partial charge in [-0.15, -0.1) is 6.58 Å². The minimum absolute atomic E-state index is 0.781. The molecule has 2 aromatic carbocycles. The van der Waals surface area contributed by atoms with Crippen LogP contribution < -0.4 is 0 Å². The van der Waals surface area contributed by atoms with E-state index in [0.29, 0.717) is 0 Å². The number of hydrogen-bond donors (Lipinski definition) is 1. The molecule has 21 heavy (non-hydrogen) atoms. The van der Waals surface area contributed by atoms with Crippen LogP contribution in [0.25, 0.3) is 22.4 Å². The van der Waals surface area contributed by atoms with Crippen molar-refractivity contribution < 1.29 is 0 Å². The van der Waals surface area contributed by atoms with Crippen molar-refractivity contribution in [3.63, 3.8) is 0 Å². The summed E-state index contributed by atoms with van der Waals surface area (Å²) >= 11 is 0. The van der Waals surface area contributed by atoms with Crippen LogP contribution in [0.4, 0.5) is 0 Å². The Morgan fingerprint density at radius 1 is 1.00 bits per heavy atom. The highest BCUT2D eigenvalue weighted by Gasteiger charge is 2.15. The molecule has 2 heteroatoms. The Labute approximate surface area is 125 Å². The van der Waals surface area contributed by atoms with Crippen molar-refractivity contribution in [2.45, 2.75) is 13.3 Å². The molecular formula is C19H18N2. The van der Waals surface area contributed by atoms with Crippen LogP contribution in [-0.4, -0.2) is 10.2 Å². The maximum atomic E-state index is 4.54. The van der Waals surface area contributed by atoms with Crippen LogP contribution in [0.15, 0.2) is 67.3 Å². The van der Waals surface area contributed by atoms with E-state index >= 15 is 0 Å². The maximum absolute atomic E-state index is 4.54. The predicted octanol–water partition coefficient (Wildman–Crippen LogP) is 4.78. The lowest BCUT2D eigenvalue weighted by Crippen LogP contribution is -1.87. The lowest BCUT2D eigenvalue weighted by atomic mass is 9.97. The fourth-order valence-electron chi connectivity index (χ4n) is 2.51. The van der Waals surface area contributed by atoms with E-state index in [1.54, 1.807) is 0 Å². The van der Waals surface area contributed by atoms with E-state index in [4.69, 9.17) is 0 Å². The molecule has 0 aliphatic rings. The van der Waals surface area contributed by atoms with Crippen molar-refractivity contribution in [2.24, 2.45) is 0 Å². The van der Waals surface area contributed by atoms with E-state index in [1.165, 1.54) is 16.7 Å². The van der Waals surface area contributed by atoms with Crippen LogP contribution in [-0.2, 0) is 6.42 Å². The van der Waals surface area contributed by atoms with Crippen molar-refractivity contribution in [2.75, 3.05) is 0 Å². The van der Waals surface area contributed by atoms with Crippen LogP contribution in [0.1, 0.15) is 11.3 Å². The molecule has 0 spiro atoms. The molecule has 0 amide bonds. The first kappa shape index (κ1) is 13.4. The first-order valence-corrected chi connectivity index (χ1v) is 7.10. The zero-order chi connectivity index (χ0) is 14.7. The Hall–Kier alpha value is -2.61. The van der Waals surface area contributed by atoms with Gasteiger partial charge in [0.25, 0.3) is 0 Å². The molecule has 104 valence electrons. The van der Waals surface area contributed by atoms with Gasteiger partial charge in [-0.1, -0.05) is 66.2 Å². The number of allylic oxidation sites excluding steroid dienone is 1. The van der Waals surface area contributed by atoms with Gasteiger partial charge in [0.15, 0.2) is 0 Å². The molecule has 3 rings (SSSR count). The van der Waals surface area contributed by atoms with Gasteiger partial charge in [-0.3, -0.25) is 5.10 Å². The molecule has 0 unspecified atom stereocenters. The van der Waals surface area contributed by atoms with E-state index in [2.05, 4.69) is 72.2 Å². The summed E-state index contributed by atoms with van der Waals surface area (Å²) in [5, 5.41) is 7.70. The number of aryl methyl sites for hydroxylation is 1. The zero-order valence-corrected chi connectivity index (χ0v) is 12.1. The highest BCUT2D eigenvalue weighted by atomic mass is 15.1. The number of nitrogens with one attached hydrogen (secondary N) is 1. The predicted molar refractivity (Wildman–Crippen MR) is 88.1 cm³/mol. The molecular weight excluding hydrogens is 256 g/mol. The third kappa shape index (κ3) is 2.65. The highest BCUT2D eigenvalue weighted by molar-refractivity contribution is 5.82.